The molecule has 0 saturated heterocycles. The molecule has 0 spiro atoms. The van der Waals surface area contributed by atoms with Gasteiger partial charge in [0.2, 0.25) is 5.88 Å². The number of carboxylic acid groups (broad SMARTS) is 1. The molecule has 164 valence electrons. The first-order valence-corrected chi connectivity index (χ1v) is 14.3. The molecule has 1 aromatic carbocycles. The number of hydrogen-bond acceptors (Lipinski definition) is 5. The van der Waals surface area contributed by atoms with Gasteiger partial charge in [0, 0.05) is 32.8 Å². The van der Waals surface area contributed by atoms with Gasteiger partial charge in [0.05, 0.1) is 17.9 Å². The number of ether oxygens (including phenoxy) is 2. The van der Waals surface area contributed by atoms with Crippen molar-refractivity contribution in [3.8, 4) is 5.88 Å². The van der Waals surface area contributed by atoms with Crippen LogP contribution < -0.4 is 9.64 Å². The van der Waals surface area contributed by atoms with E-state index in [9.17, 15) is 9.90 Å². The van der Waals surface area contributed by atoms with Crippen molar-refractivity contribution in [2.75, 3.05) is 24.7 Å². The van der Waals surface area contributed by atoms with Crippen LogP contribution in [0.1, 0.15) is 16.8 Å². The van der Waals surface area contributed by atoms with Gasteiger partial charge in [-0.2, -0.15) is 4.98 Å². The summed E-state index contributed by atoms with van der Waals surface area (Å²) < 4.78 is 13.8. The number of aromatic nitrogens is 2. The zero-order chi connectivity index (χ0) is 22.0. The SMILES string of the molecule is C[Si](C)(C)CCOCn1ccc2cc3c(nc21)OCCCN3c1ccccc1C(=O)O. The molecule has 1 aliphatic rings. The van der Waals surface area contributed by atoms with Gasteiger partial charge in [-0.3, -0.25) is 0 Å². The van der Waals surface area contributed by atoms with Crippen molar-refractivity contribution in [2.24, 2.45) is 0 Å². The third-order valence-electron chi connectivity index (χ3n) is 5.39. The van der Waals surface area contributed by atoms with Gasteiger partial charge < -0.3 is 24.0 Å². The third-order valence-corrected chi connectivity index (χ3v) is 7.09. The molecule has 3 aromatic rings. The number of aromatic carboxylic acids is 1. The van der Waals surface area contributed by atoms with Crippen LogP contribution in [0.2, 0.25) is 25.7 Å². The molecule has 0 fully saturated rings. The lowest BCUT2D eigenvalue weighted by Crippen LogP contribution is -2.22. The lowest BCUT2D eigenvalue weighted by molar-refractivity contribution is 0.0697. The van der Waals surface area contributed by atoms with Gasteiger partial charge in [-0.1, -0.05) is 31.8 Å². The molecule has 0 aliphatic carbocycles. The van der Waals surface area contributed by atoms with Gasteiger partial charge in [-0.15, -0.1) is 0 Å². The number of anilines is 2. The molecule has 0 bridgehead atoms. The van der Waals surface area contributed by atoms with E-state index < -0.39 is 14.0 Å². The molecule has 0 atom stereocenters. The van der Waals surface area contributed by atoms with Gasteiger partial charge in [-0.05, 0) is 36.7 Å². The van der Waals surface area contributed by atoms with E-state index in [2.05, 4.69) is 19.6 Å². The quantitative estimate of drug-likeness (QED) is 0.414. The summed E-state index contributed by atoms with van der Waals surface area (Å²) in [5, 5.41) is 10.6. The highest BCUT2D eigenvalue weighted by atomic mass is 28.3. The number of nitrogens with zero attached hydrogens (tertiary/aromatic N) is 3. The molecule has 0 unspecified atom stereocenters. The number of para-hydroxylation sites is 1. The van der Waals surface area contributed by atoms with Crippen LogP contribution in [-0.4, -0.2) is 48.5 Å². The van der Waals surface area contributed by atoms with Crippen LogP contribution in [0.3, 0.4) is 0 Å². The predicted octanol–water partition coefficient (Wildman–Crippen LogP) is 4.97. The molecule has 7 nitrogen and oxygen atoms in total. The Hall–Kier alpha value is -2.84. The van der Waals surface area contributed by atoms with Crippen LogP contribution in [0, 0.1) is 0 Å². The number of rotatable bonds is 7. The van der Waals surface area contributed by atoms with E-state index in [0.717, 1.165) is 35.8 Å². The van der Waals surface area contributed by atoms with Crippen LogP contribution >= 0.6 is 0 Å². The summed E-state index contributed by atoms with van der Waals surface area (Å²) in [6.07, 6.45) is 2.75. The summed E-state index contributed by atoms with van der Waals surface area (Å²) in [5.74, 6) is -0.426. The highest BCUT2D eigenvalue weighted by molar-refractivity contribution is 6.76. The average molecular weight is 440 g/mol. The van der Waals surface area contributed by atoms with Gasteiger partial charge in [0.1, 0.15) is 18.1 Å². The first-order valence-electron chi connectivity index (χ1n) is 10.6. The largest absolute Gasteiger partial charge is 0.478 e. The lowest BCUT2D eigenvalue weighted by Gasteiger charge is -2.25. The molecule has 3 heterocycles. The van der Waals surface area contributed by atoms with Gasteiger partial charge >= 0.3 is 5.97 Å². The zero-order valence-corrected chi connectivity index (χ0v) is 19.3. The highest BCUT2D eigenvalue weighted by Crippen LogP contribution is 2.38. The summed E-state index contributed by atoms with van der Waals surface area (Å²) >= 11 is 0. The fraction of sp³-hybridized carbons (Fsp3) is 0.391. The maximum atomic E-state index is 11.8. The van der Waals surface area contributed by atoms with E-state index in [1.807, 2.05) is 39.9 Å². The van der Waals surface area contributed by atoms with Gasteiger partial charge in [-0.25, -0.2) is 4.79 Å². The molecule has 1 N–H and O–H groups in total. The van der Waals surface area contributed by atoms with Crippen molar-refractivity contribution in [1.29, 1.82) is 0 Å². The molecule has 1 aliphatic heterocycles. The second-order valence-corrected chi connectivity index (χ2v) is 14.7. The second kappa shape index (κ2) is 8.72. The number of carboxylic acids is 1. The van der Waals surface area contributed by atoms with Crippen molar-refractivity contribution in [1.82, 2.24) is 9.55 Å². The Morgan fingerprint density at radius 2 is 2.03 bits per heavy atom. The van der Waals surface area contributed by atoms with E-state index in [0.29, 0.717) is 31.4 Å². The maximum absolute atomic E-state index is 11.8. The fourth-order valence-electron chi connectivity index (χ4n) is 3.68. The van der Waals surface area contributed by atoms with E-state index in [1.165, 1.54) is 0 Å². The summed E-state index contributed by atoms with van der Waals surface area (Å²) in [7, 11) is -1.13. The number of carbonyl (C=O) groups is 1. The molecule has 31 heavy (non-hydrogen) atoms. The minimum Gasteiger partial charge on any atom is -0.478 e. The maximum Gasteiger partial charge on any atom is 0.337 e. The summed E-state index contributed by atoms with van der Waals surface area (Å²) in [6.45, 7) is 9.40. The Bertz CT molecular complexity index is 1090. The monoisotopic (exact) mass is 439 g/mol. The van der Waals surface area contributed by atoms with Crippen LogP contribution in [0.5, 0.6) is 5.88 Å². The number of hydrogen-bond donors (Lipinski definition) is 1. The van der Waals surface area contributed by atoms with Gasteiger partial charge in [0.25, 0.3) is 0 Å². The number of benzene rings is 1. The molecule has 0 saturated carbocycles. The normalized spacial score (nSPS) is 14.2. The summed E-state index contributed by atoms with van der Waals surface area (Å²) in [6, 6.07) is 12.2. The first-order chi connectivity index (χ1) is 14.8. The molecule has 4 rings (SSSR count). The van der Waals surface area contributed by atoms with Crippen LogP contribution in [0.25, 0.3) is 11.0 Å². The topological polar surface area (TPSA) is 76.8 Å². The highest BCUT2D eigenvalue weighted by Gasteiger charge is 2.24. The van der Waals surface area contributed by atoms with E-state index in [-0.39, 0.29) is 5.56 Å². The molecule has 8 heteroatoms. The second-order valence-electron chi connectivity index (χ2n) is 9.03. The lowest BCUT2D eigenvalue weighted by atomic mass is 10.1. The summed E-state index contributed by atoms with van der Waals surface area (Å²) in [5.41, 5.74) is 2.51. The Morgan fingerprint density at radius 1 is 1.23 bits per heavy atom. The van der Waals surface area contributed by atoms with E-state index in [4.69, 9.17) is 14.5 Å². The molecular weight excluding hydrogens is 410 g/mol. The number of fused-ring (bicyclic) bond motifs is 2. The minimum atomic E-state index is -1.13. The Kier molecular flexibility index (Phi) is 6.02. The Balaban J connectivity index is 1.66. The molecule has 0 amide bonds. The van der Waals surface area contributed by atoms with Crippen molar-refractivity contribution in [3.63, 3.8) is 0 Å². The Labute approximate surface area is 183 Å². The first kappa shape index (κ1) is 21.4. The summed E-state index contributed by atoms with van der Waals surface area (Å²) in [4.78, 5) is 18.6. The van der Waals surface area contributed by atoms with Gasteiger partial charge in [0.15, 0.2) is 0 Å². The predicted molar refractivity (Wildman–Crippen MR) is 124 cm³/mol. The third kappa shape index (κ3) is 4.75. The average Bonchev–Trinajstić information content (AvgIpc) is 2.99. The zero-order valence-electron chi connectivity index (χ0n) is 18.3. The van der Waals surface area contributed by atoms with Crippen molar-refractivity contribution in [3.05, 3.63) is 48.2 Å². The molecule has 2 aromatic heterocycles. The van der Waals surface area contributed by atoms with Crippen molar-refractivity contribution < 1.29 is 19.4 Å². The van der Waals surface area contributed by atoms with E-state index in [1.54, 1.807) is 12.1 Å². The van der Waals surface area contributed by atoms with Crippen LogP contribution in [0.4, 0.5) is 11.4 Å². The minimum absolute atomic E-state index is 0.267. The van der Waals surface area contributed by atoms with E-state index >= 15 is 0 Å². The van der Waals surface area contributed by atoms with Crippen LogP contribution in [-0.2, 0) is 11.5 Å². The van der Waals surface area contributed by atoms with Crippen molar-refractivity contribution in [2.45, 2.75) is 38.8 Å². The molecular formula is C23H29N3O4Si. The Morgan fingerprint density at radius 3 is 2.81 bits per heavy atom. The molecule has 0 radical (unpaired) electrons. The smallest absolute Gasteiger partial charge is 0.337 e. The fourth-order valence-corrected chi connectivity index (χ4v) is 4.44. The van der Waals surface area contributed by atoms with Crippen molar-refractivity contribution >= 4 is 36.5 Å². The van der Waals surface area contributed by atoms with Crippen LogP contribution in [0.15, 0.2) is 42.6 Å². The number of pyridine rings is 1. The standard InChI is InChI=1S/C23H29N3O4Si/c1-31(2,3)14-13-29-16-25-11-9-17-15-20-22(24-21(17)25)30-12-6-10-26(20)19-8-5-4-7-18(19)23(27)28/h4-5,7-9,11,15H,6,10,12-14,16H2,1-3H3,(H,27,28).